The molecular formula is C18H33NO3. The van der Waals surface area contributed by atoms with Crippen molar-refractivity contribution in [1.29, 1.82) is 0 Å². The fourth-order valence-electron chi connectivity index (χ4n) is 3.20. The van der Waals surface area contributed by atoms with E-state index in [1.165, 1.54) is 25.7 Å². The Labute approximate surface area is 135 Å². The van der Waals surface area contributed by atoms with Crippen molar-refractivity contribution >= 4 is 11.7 Å². The molecule has 1 N–H and O–H groups in total. The van der Waals surface area contributed by atoms with Gasteiger partial charge in [-0.25, -0.2) is 0 Å². The Hall–Kier alpha value is -0.900. The van der Waals surface area contributed by atoms with Crippen LogP contribution in [-0.2, 0) is 9.59 Å². The fourth-order valence-corrected chi connectivity index (χ4v) is 3.20. The maximum atomic E-state index is 12.1. The minimum Gasteiger partial charge on any atom is -0.391 e. The number of carbonyl (C=O) groups excluding carboxylic acids is 2. The molecule has 4 nitrogen and oxygen atoms in total. The van der Waals surface area contributed by atoms with E-state index in [0.29, 0.717) is 18.7 Å². The van der Waals surface area contributed by atoms with Crippen LogP contribution in [0.4, 0.5) is 0 Å². The Balaban J connectivity index is 1.91. The third-order valence-corrected chi connectivity index (χ3v) is 4.54. The van der Waals surface area contributed by atoms with E-state index < -0.39 is 0 Å². The number of aliphatic hydroxyl groups excluding tert-OH is 1. The predicted molar refractivity (Wildman–Crippen MR) is 88.6 cm³/mol. The van der Waals surface area contributed by atoms with Crippen LogP contribution in [0, 0.1) is 0 Å². The Morgan fingerprint density at radius 1 is 0.955 bits per heavy atom. The van der Waals surface area contributed by atoms with E-state index >= 15 is 0 Å². The summed E-state index contributed by atoms with van der Waals surface area (Å²) in [6.45, 7) is 4.19. The lowest BCUT2D eigenvalue weighted by Gasteiger charge is -2.21. The number of nitrogens with zero attached hydrogens (tertiary/aromatic N) is 1. The Morgan fingerprint density at radius 3 is 1.91 bits per heavy atom. The van der Waals surface area contributed by atoms with Gasteiger partial charge in [0.1, 0.15) is 5.78 Å². The summed E-state index contributed by atoms with van der Waals surface area (Å²) in [7, 11) is 0. The van der Waals surface area contributed by atoms with Crippen LogP contribution in [0.3, 0.4) is 0 Å². The lowest BCUT2D eigenvalue weighted by Crippen LogP contribution is -2.34. The molecule has 1 unspecified atom stereocenters. The zero-order valence-corrected chi connectivity index (χ0v) is 14.4. The molecule has 1 aliphatic heterocycles. The minimum atomic E-state index is -0.332. The Kier molecular flexibility index (Phi) is 9.37. The first-order valence-electron chi connectivity index (χ1n) is 8.97. The van der Waals surface area contributed by atoms with Gasteiger partial charge in [0.15, 0.2) is 0 Å². The van der Waals surface area contributed by atoms with E-state index in [9.17, 15) is 14.7 Å². The number of likely N-dealkylation sites (tertiary alicyclic amines) is 1. The number of unbranched alkanes of at least 4 members (excludes halogenated alkanes) is 7. The van der Waals surface area contributed by atoms with Crippen molar-refractivity contribution in [1.82, 2.24) is 4.90 Å². The summed E-state index contributed by atoms with van der Waals surface area (Å²) in [5, 5.41) is 9.57. The average molecular weight is 311 g/mol. The van der Waals surface area contributed by atoms with Gasteiger partial charge in [0.05, 0.1) is 6.10 Å². The number of β-amino-alcohol motifs (C(OH)–C–C–N with tert-alkyl or cyclic N) is 1. The number of hydrogen-bond donors (Lipinski definition) is 1. The van der Waals surface area contributed by atoms with Gasteiger partial charge in [-0.2, -0.15) is 0 Å². The van der Waals surface area contributed by atoms with Crippen molar-refractivity contribution in [2.45, 2.75) is 96.6 Å². The van der Waals surface area contributed by atoms with Crippen LogP contribution in [0.25, 0.3) is 0 Å². The van der Waals surface area contributed by atoms with Crippen molar-refractivity contribution in [2.24, 2.45) is 0 Å². The van der Waals surface area contributed by atoms with E-state index in [4.69, 9.17) is 0 Å². The summed E-state index contributed by atoms with van der Waals surface area (Å²) in [4.78, 5) is 24.7. The molecule has 0 spiro atoms. The largest absolute Gasteiger partial charge is 0.391 e. The van der Waals surface area contributed by atoms with Crippen molar-refractivity contribution in [3.63, 3.8) is 0 Å². The molecule has 0 aromatic heterocycles. The molecular weight excluding hydrogens is 278 g/mol. The number of amides is 1. The maximum absolute atomic E-state index is 12.1. The van der Waals surface area contributed by atoms with Gasteiger partial charge in [0, 0.05) is 25.4 Å². The van der Waals surface area contributed by atoms with Crippen LogP contribution in [0.15, 0.2) is 0 Å². The predicted octanol–water partition coefficient (Wildman–Crippen LogP) is 3.46. The van der Waals surface area contributed by atoms with Gasteiger partial charge in [-0.1, -0.05) is 38.5 Å². The second-order valence-electron chi connectivity index (χ2n) is 6.82. The minimum absolute atomic E-state index is 0.192. The Bertz CT molecular complexity index is 343. The summed E-state index contributed by atoms with van der Waals surface area (Å²) in [6, 6.07) is 0.192. The molecule has 2 atom stereocenters. The van der Waals surface area contributed by atoms with Gasteiger partial charge < -0.3 is 14.8 Å². The molecule has 0 aromatic carbocycles. The van der Waals surface area contributed by atoms with Crippen LogP contribution in [0.2, 0.25) is 0 Å². The van der Waals surface area contributed by atoms with Gasteiger partial charge in [0.25, 0.3) is 0 Å². The third-order valence-electron chi connectivity index (χ3n) is 4.54. The van der Waals surface area contributed by atoms with Gasteiger partial charge in [-0.3, -0.25) is 4.79 Å². The summed E-state index contributed by atoms with van der Waals surface area (Å²) >= 11 is 0. The smallest absolute Gasteiger partial charge is 0.222 e. The number of Topliss-reactive ketones (excluding diaryl/α,β-unsaturated/α-hetero) is 1. The van der Waals surface area contributed by atoms with Crippen LogP contribution >= 0.6 is 0 Å². The molecule has 0 radical (unpaired) electrons. The van der Waals surface area contributed by atoms with Crippen LogP contribution in [-0.4, -0.2) is 40.4 Å². The monoisotopic (exact) mass is 311 g/mol. The zero-order chi connectivity index (χ0) is 16.4. The van der Waals surface area contributed by atoms with Gasteiger partial charge in [-0.15, -0.1) is 0 Å². The highest BCUT2D eigenvalue weighted by atomic mass is 16.3. The molecule has 1 heterocycles. The Morgan fingerprint density at radius 2 is 1.45 bits per heavy atom. The molecule has 0 bridgehead atoms. The number of rotatable bonds is 11. The van der Waals surface area contributed by atoms with Gasteiger partial charge in [0.2, 0.25) is 5.91 Å². The van der Waals surface area contributed by atoms with E-state index in [2.05, 4.69) is 0 Å². The SMILES string of the molecule is CC(=O)CCCCCCCCCCC(=O)N1CC(O)C[C@H]1C. The van der Waals surface area contributed by atoms with E-state index in [0.717, 1.165) is 38.5 Å². The normalized spacial score (nSPS) is 21.3. The first-order valence-corrected chi connectivity index (χ1v) is 8.97. The topological polar surface area (TPSA) is 57.6 Å². The molecule has 1 saturated heterocycles. The average Bonchev–Trinajstić information content (AvgIpc) is 2.79. The lowest BCUT2D eigenvalue weighted by atomic mass is 10.1. The highest BCUT2D eigenvalue weighted by Gasteiger charge is 2.30. The molecule has 0 saturated carbocycles. The number of carbonyl (C=O) groups is 2. The zero-order valence-electron chi connectivity index (χ0n) is 14.4. The first-order chi connectivity index (χ1) is 10.5. The van der Waals surface area contributed by atoms with Crippen LogP contribution in [0.5, 0.6) is 0 Å². The lowest BCUT2D eigenvalue weighted by molar-refractivity contribution is -0.132. The van der Waals surface area contributed by atoms with Crippen molar-refractivity contribution < 1.29 is 14.7 Å². The molecule has 22 heavy (non-hydrogen) atoms. The summed E-state index contributed by atoms with van der Waals surface area (Å²) in [5.41, 5.74) is 0. The molecule has 1 rings (SSSR count). The van der Waals surface area contributed by atoms with Crippen molar-refractivity contribution in [2.75, 3.05) is 6.54 Å². The maximum Gasteiger partial charge on any atom is 0.222 e. The van der Waals surface area contributed by atoms with E-state index in [-0.39, 0.29) is 18.1 Å². The van der Waals surface area contributed by atoms with E-state index in [1.807, 2.05) is 11.8 Å². The van der Waals surface area contributed by atoms with Crippen LogP contribution in [0.1, 0.15) is 84.5 Å². The molecule has 1 fully saturated rings. The van der Waals surface area contributed by atoms with Crippen molar-refractivity contribution in [3.05, 3.63) is 0 Å². The number of ketones is 1. The first kappa shape index (κ1) is 19.1. The molecule has 1 amide bonds. The van der Waals surface area contributed by atoms with Gasteiger partial charge >= 0.3 is 0 Å². The molecule has 4 heteroatoms. The summed E-state index contributed by atoms with van der Waals surface area (Å²) < 4.78 is 0. The summed E-state index contributed by atoms with van der Waals surface area (Å²) in [6.07, 6.45) is 10.9. The molecule has 1 aliphatic rings. The van der Waals surface area contributed by atoms with Gasteiger partial charge in [-0.05, 0) is 33.1 Å². The molecule has 0 aromatic rings. The quantitative estimate of drug-likeness (QED) is 0.595. The molecule has 0 aliphatic carbocycles. The standard InChI is InChI=1S/C18H33NO3/c1-15-13-17(21)14-19(15)18(22)12-10-8-6-4-3-5-7-9-11-16(2)20/h15,17,21H,3-14H2,1-2H3/t15-,17?/m1/s1. The molecule has 128 valence electrons. The highest BCUT2D eigenvalue weighted by Crippen LogP contribution is 2.19. The van der Waals surface area contributed by atoms with E-state index in [1.54, 1.807) is 6.92 Å². The fraction of sp³-hybridized carbons (Fsp3) is 0.889. The summed E-state index contributed by atoms with van der Waals surface area (Å²) in [5.74, 6) is 0.498. The van der Waals surface area contributed by atoms with Crippen LogP contribution < -0.4 is 0 Å². The second kappa shape index (κ2) is 10.8. The van der Waals surface area contributed by atoms with Crippen molar-refractivity contribution in [3.8, 4) is 0 Å². The third kappa shape index (κ3) is 7.92. The number of aliphatic hydroxyl groups is 1. The second-order valence-corrected chi connectivity index (χ2v) is 6.82. The number of hydrogen-bond acceptors (Lipinski definition) is 3. The highest BCUT2D eigenvalue weighted by molar-refractivity contribution is 5.76.